The Morgan fingerprint density at radius 1 is 0.625 bits per heavy atom. The van der Waals surface area contributed by atoms with Crippen molar-refractivity contribution in [1.82, 2.24) is 0 Å². The average molecular weight is 218 g/mol. The van der Waals surface area contributed by atoms with E-state index in [9.17, 15) is 0 Å². The fourth-order valence-electron chi connectivity index (χ4n) is 0. The second-order valence-corrected chi connectivity index (χ2v) is 0. The van der Waals surface area contributed by atoms with E-state index in [4.69, 9.17) is 35.5 Å². The molecule has 36 valence electrons. The van der Waals surface area contributed by atoms with E-state index in [-0.39, 0.29) is 70.9 Å². The second-order valence-electron chi connectivity index (χ2n) is 0. The molecule has 0 N–H and O–H groups in total. The number of hydrogen-bond acceptors (Lipinski definition) is 3. The van der Waals surface area contributed by atoms with Gasteiger partial charge in [0, 0.05) is 51.4 Å². The van der Waals surface area contributed by atoms with Crippen LogP contribution >= 0.6 is 0 Å². The Hall–Kier alpha value is 0.730. The zero-order valence-electron chi connectivity index (χ0n) is 4.20. The molecule has 0 aromatic heterocycles. The predicted molar refractivity (Wildman–Crippen MR) is 20.7 cm³/mol. The van der Waals surface area contributed by atoms with Gasteiger partial charge in [0.2, 0.25) is 0 Å². The first-order valence-electron chi connectivity index (χ1n) is 0.671. The van der Waals surface area contributed by atoms with Crippen LogP contribution < -0.4 is 0 Å². The molecule has 5 heteroatoms. The largest absolute Gasteiger partial charge is 3.00 e. The summed E-state index contributed by atoms with van der Waals surface area (Å²) in [6.07, 6.45) is 0. The summed E-state index contributed by atoms with van der Waals surface area (Å²) in [5, 5.41) is 18.8. The van der Waals surface area contributed by atoms with Gasteiger partial charge >= 0.3 is 19.5 Å². The molecule has 0 aliphatic heterocycles. The summed E-state index contributed by atoms with van der Waals surface area (Å²) in [7, 11) is 0. The van der Waals surface area contributed by atoms with Crippen LogP contribution in [0, 0.1) is 35.5 Å². The zero-order valence-corrected chi connectivity index (χ0v) is 9.06. The molecule has 3 nitrogen and oxygen atoms in total. The molecule has 0 saturated carbocycles. The van der Waals surface area contributed by atoms with Crippen LogP contribution in [0.3, 0.4) is 0 Å². The Morgan fingerprint density at radius 3 is 0.625 bits per heavy atom. The summed E-state index contributed by atoms with van der Waals surface area (Å²) < 4.78 is 0. The minimum Gasteiger partial charge on any atom is -0.512 e. The van der Waals surface area contributed by atoms with Gasteiger partial charge in [0.25, 0.3) is 0 Å². The molecule has 0 bridgehead atoms. The van der Waals surface area contributed by atoms with E-state index in [1.807, 2.05) is 0 Å². The monoisotopic (exact) mass is 219 g/mol. The van der Waals surface area contributed by atoms with Crippen LogP contribution in [-0.2, 0) is 19.5 Å². The third-order valence-corrected chi connectivity index (χ3v) is 0. The number of hydrogen-bond donors (Lipinski definition) is 0. The molecule has 0 unspecified atom stereocenters. The molecule has 0 aromatic rings. The average Bonchev–Trinajstić information content (AvgIpc) is 1.81. The summed E-state index contributed by atoms with van der Waals surface area (Å²) in [6.45, 7) is 14.2. The summed E-state index contributed by atoms with van der Waals surface area (Å²) in [5.41, 5.74) is 0. The van der Waals surface area contributed by atoms with Crippen molar-refractivity contribution in [1.29, 1.82) is 15.8 Å². The van der Waals surface area contributed by atoms with Crippen LogP contribution in [0.4, 0.5) is 0 Å². The SMILES string of the molecule is [C-]#N.[C-]#N.[C-]#N.[K].[Ru+3]. The van der Waals surface area contributed by atoms with Gasteiger partial charge in [-0.25, -0.2) is 0 Å². The summed E-state index contributed by atoms with van der Waals surface area (Å²) >= 11 is 0. The van der Waals surface area contributed by atoms with Crippen LogP contribution in [-0.4, -0.2) is 51.4 Å². The van der Waals surface area contributed by atoms with Gasteiger partial charge in [-0.15, -0.1) is 0 Å². The van der Waals surface area contributed by atoms with Crippen LogP contribution in [0.15, 0.2) is 0 Å². The van der Waals surface area contributed by atoms with Crippen LogP contribution in [0.5, 0.6) is 0 Å². The Bertz CT molecular complexity index is 43.0. The van der Waals surface area contributed by atoms with E-state index in [1.54, 1.807) is 0 Å². The van der Waals surface area contributed by atoms with Crippen molar-refractivity contribution < 1.29 is 19.5 Å². The summed E-state index contributed by atoms with van der Waals surface area (Å²) in [5.74, 6) is 0. The van der Waals surface area contributed by atoms with Crippen molar-refractivity contribution in [2.24, 2.45) is 0 Å². The van der Waals surface area contributed by atoms with Gasteiger partial charge in [0.05, 0.1) is 0 Å². The van der Waals surface area contributed by atoms with Crippen LogP contribution in [0.25, 0.3) is 0 Å². The van der Waals surface area contributed by atoms with Crippen LogP contribution in [0.2, 0.25) is 0 Å². The minimum atomic E-state index is 0. The molecule has 0 aliphatic rings. The van der Waals surface area contributed by atoms with E-state index in [0.29, 0.717) is 0 Å². The zero-order chi connectivity index (χ0) is 6.00. The molecule has 0 fully saturated rings. The molecule has 0 saturated heterocycles. The Labute approximate surface area is 104 Å². The van der Waals surface area contributed by atoms with Gasteiger partial charge in [0.1, 0.15) is 0 Å². The molecular weight excluding hydrogens is 218 g/mol. The van der Waals surface area contributed by atoms with Gasteiger partial charge in [0.15, 0.2) is 0 Å². The Kier molecular flexibility index (Phi) is 3080. The van der Waals surface area contributed by atoms with Gasteiger partial charge < -0.3 is 35.5 Å². The molecule has 0 aliphatic carbocycles. The maximum absolute atomic E-state index is 6.25. The topological polar surface area (TPSA) is 71.4 Å². The predicted octanol–water partition coefficient (Wildman–Crippen LogP) is -0.0942. The minimum absolute atomic E-state index is 0. The molecule has 0 atom stereocenters. The van der Waals surface area contributed by atoms with Gasteiger partial charge in [-0.3, -0.25) is 0 Å². The molecule has 0 rings (SSSR count). The van der Waals surface area contributed by atoms with Crippen molar-refractivity contribution >= 4 is 51.4 Å². The molecule has 0 spiro atoms. The molecule has 0 amide bonds. The Morgan fingerprint density at radius 2 is 0.625 bits per heavy atom. The van der Waals surface area contributed by atoms with E-state index in [1.165, 1.54) is 0 Å². The first-order chi connectivity index (χ1) is 3.00. The normalized spacial score (nSPS) is 0.750. The van der Waals surface area contributed by atoms with Crippen molar-refractivity contribution in [3.8, 4) is 0 Å². The van der Waals surface area contributed by atoms with Gasteiger partial charge in [-0.2, -0.15) is 0 Å². The van der Waals surface area contributed by atoms with Crippen molar-refractivity contribution in [2.75, 3.05) is 0 Å². The van der Waals surface area contributed by atoms with Crippen molar-refractivity contribution in [3.63, 3.8) is 0 Å². The third kappa shape index (κ3) is 415. The Balaban J connectivity index is -0.00000000500. The maximum atomic E-state index is 6.25. The maximum Gasteiger partial charge on any atom is 3.00 e. The summed E-state index contributed by atoms with van der Waals surface area (Å²) in [6, 6.07) is 0. The van der Waals surface area contributed by atoms with E-state index >= 15 is 0 Å². The number of nitrogens with zero attached hydrogens (tertiary/aromatic N) is 3. The first kappa shape index (κ1) is 37.5. The quantitative estimate of drug-likeness (QED) is 0.421. The molecule has 0 aromatic carbocycles. The van der Waals surface area contributed by atoms with Crippen molar-refractivity contribution in [2.45, 2.75) is 0 Å². The fraction of sp³-hybridized carbons (Fsp3) is 0. The number of rotatable bonds is 0. The molecular formula is C3KN3Ru. The van der Waals surface area contributed by atoms with Gasteiger partial charge in [-0.1, -0.05) is 0 Å². The van der Waals surface area contributed by atoms with E-state index in [2.05, 4.69) is 0 Å². The fourth-order valence-corrected chi connectivity index (χ4v) is 0. The summed E-state index contributed by atoms with van der Waals surface area (Å²) in [4.78, 5) is 0. The van der Waals surface area contributed by atoms with E-state index in [0.717, 1.165) is 0 Å². The smallest absolute Gasteiger partial charge is 0.512 e. The van der Waals surface area contributed by atoms with Crippen LogP contribution in [0.1, 0.15) is 0 Å². The second kappa shape index (κ2) is 657. The molecule has 8 heavy (non-hydrogen) atoms. The third-order valence-electron chi connectivity index (χ3n) is 0. The standard InChI is InChI=1S/3CN.K.Ru/c3*1-2;;/q3*-1;;+3. The van der Waals surface area contributed by atoms with E-state index < -0.39 is 0 Å². The molecule has 2 radical (unpaired) electrons. The molecule has 0 heterocycles. The van der Waals surface area contributed by atoms with Gasteiger partial charge in [-0.05, 0) is 0 Å². The first-order valence-corrected chi connectivity index (χ1v) is 0.671. The van der Waals surface area contributed by atoms with Crippen molar-refractivity contribution in [3.05, 3.63) is 19.7 Å².